The van der Waals surface area contributed by atoms with Crippen LogP contribution in [0.3, 0.4) is 0 Å². The Balaban J connectivity index is 2.73. The first-order valence-electron chi connectivity index (χ1n) is 7.16. The summed E-state index contributed by atoms with van der Waals surface area (Å²) < 4.78 is 25.0. The van der Waals surface area contributed by atoms with Gasteiger partial charge in [-0.1, -0.05) is 18.1 Å². The van der Waals surface area contributed by atoms with Crippen molar-refractivity contribution in [3.63, 3.8) is 0 Å². The fourth-order valence-electron chi connectivity index (χ4n) is 2.55. The van der Waals surface area contributed by atoms with Crippen LogP contribution in [0.5, 0.6) is 0 Å². The van der Waals surface area contributed by atoms with Crippen LogP contribution in [0.4, 0.5) is 4.39 Å². The molecule has 1 aromatic carbocycles. The number of benzene rings is 1. The first-order chi connectivity index (χ1) is 11.5. The van der Waals surface area contributed by atoms with Crippen molar-refractivity contribution in [1.82, 2.24) is 0 Å². The lowest BCUT2D eigenvalue weighted by atomic mass is 9.82. The van der Waals surface area contributed by atoms with Crippen LogP contribution in [0.2, 0.25) is 0 Å². The summed E-state index contributed by atoms with van der Waals surface area (Å²) in [6, 6.07) is 6.31. The first-order valence-corrected chi connectivity index (χ1v) is 7.16. The van der Waals surface area contributed by atoms with Crippen LogP contribution in [-0.2, 0) is 14.3 Å². The lowest BCUT2D eigenvalue weighted by Gasteiger charge is -2.27. The summed E-state index contributed by atoms with van der Waals surface area (Å²) in [5, 5.41) is 9.42. The van der Waals surface area contributed by atoms with Crippen molar-refractivity contribution in [3.05, 3.63) is 57.9 Å². The average Bonchev–Trinajstić information content (AvgIpc) is 2.54. The summed E-state index contributed by atoms with van der Waals surface area (Å²) in [6.45, 7) is 3.26. The van der Waals surface area contributed by atoms with Crippen LogP contribution in [0.15, 0.2) is 41.0 Å². The normalized spacial score (nSPS) is 17.0. The highest BCUT2D eigenvalue weighted by molar-refractivity contribution is 5.92. The Kier molecular flexibility index (Phi) is 4.91. The standard InChI is InChI=1S/C18H15FN2O3/c1-4-11-7-6-8-12(16(11)19)15-13(9-20)17(21)24-10(3)14(15)18(22)23-5-2/h1,6-8,15H,5,21H2,2-3H3. The molecule has 5 nitrogen and oxygen atoms in total. The van der Waals surface area contributed by atoms with E-state index in [4.69, 9.17) is 21.6 Å². The predicted molar refractivity (Wildman–Crippen MR) is 84.3 cm³/mol. The van der Waals surface area contributed by atoms with Crippen LogP contribution < -0.4 is 5.73 Å². The van der Waals surface area contributed by atoms with Gasteiger partial charge in [-0.2, -0.15) is 5.26 Å². The number of carbonyl (C=O) groups is 1. The summed E-state index contributed by atoms with van der Waals surface area (Å²) in [7, 11) is 0. The number of terminal acetylenes is 1. The minimum absolute atomic E-state index is 0.0238. The number of ether oxygens (including phenoxy) is 2. The second-order valence-corrected chi connectivity index (χ2v) is 4.97. The van der Waals surface area contributed by atoms with Crippen LogP contribution in [-0.4, -0.2) is 12.6 Å². The maximum atomic E-state index is 14.7. The van der Waals surface area contributed by atoms with Crippen molar-refractivity contribution in [2.75, 3.05) is 6.61 Å². The van der Waals surface area contributed by atoms with Gasteiger partial charge in [0.05, 0.1) is 23.7 Å². The molecule has 1 aromatic rings. The molecule has 24 heavy (non-hydrogen) atoms. The molecule has 6 heteroatoms. The van der Waals surface area contributed by atoms with Gasteiger partial charge in [-0.25, -0.2) is 9.18 Å². The minimum atomic E-state index is -1.05. The van der Waals surface area contributed by atoms with Gasteiger partial charge in [0.2, 0.25) is 5.88 Å². The van der Waals surface area contributed by atoms with E-state index in [2.05, 4.69) is 5.92 Å². The van der Waals surface area contributed by atoms with E-state index in [0.29, 0.717) is 0 Å². The molecule has 0 spiro atoms. The number of allylic oxidation sites excluding steroid dienone is 2. The highest BCUT2D eigenvalue weighted by Gasteiger charge is 2.37. The predicted octanol–water partition coefficient (Wildman–Crippen LogP) is 2.45. The molecule has 1 aliphatic heterocycles. The highest BCUT2D eigenvalue weighted by atomic mass is 19.1. The van der Waals surface area contributed by atoms with Crippen molar-refractivity contribution in [3.8, 4) is 18.4 Å². The number of halogens is 1. The quantitative estimate of drug-likeness (QED) is 0.681. The third-order valence-corrected chi connectivity index (χ3v) is 3.60. The molecule has 0 fully saturated rings. The first kappa shape index (κ1) is 17.1. The number of nitrogens with zero attached hydrogens (tertiary/aromatic N) is 1. The number of rotatable bonds is 3. The van der Waals surface area contributed by atoms with Gasteiger partial charge in [0.15, 0.2) is 0 Å². The Hall–Kier alpha value is -3.25. The molecule has 122 valence electrons. The lowest BCUT2D eigenvalue weighted by Crippen LogP contribution is -2.26. The molecule has 2 N–H and O–H groups in total. The lowest BCUT2D eigenvalue weighted by molar-refractivity contribution is -0.139. The SMILES string of the molecule is C#Cc1cccc(C2C(C#N)=C(N)OC(C)=C2C(=O)OCC)c1F. The summed E-state index contributed by atoms with van der Waals surface area (Å²) in [4.78, 5) is 12.3. The third-order valence-electron chi connectivity index (χ3n) is 3.60. The summed E-state index contributed by atoms with van der Waals surface area (Å²) in [5.74, 6) is -0.239. The molecular formula is C18H15FN2O3. The monoisotopic (exact) mass is 326 g/mol. The van der Waals surface area contributed by atoms with Gasteiger partial charge in [0.1, 0.15) is 23.2 Å². The Morgan fingerprint density at radius 3 is 2.83 bits per heavy atom. The average molecular weight is 326 g/mol. The summed E-state index contributed by atoms with van der Waals surface area (Å²) in [5.41, 5.74) is 5.79. The highest BCUT2D eigenvalue weighted by Crippen LogP contribution is 2.40. The molecule has 0 aliphatic carbocycles. The molecule has 2 rings (SSSR count). The second-order valence-electron chi connectivity index (χ2n) is 4.97. The number of hydrogen-bond donors (Lipinski definition) is 1. The van der Waals surface area contributed by atoms with Crippen molar-refractivity contribution < 1.29 is 18.7 Å². The van der Waals surface area contributed by atoms with Gasteiger partial charge in [0, 0.05) is 5.56 Å². The number of nitrogens with two attached hydrogens (primary N) is 1. The number of hydrogen-bond acceptors (Lipinski definition) is 5. The smallest absolute Gasteiger partial charge is 0.338 e. The molecule has 1 unspecified atom stereocenters. The molecule has 1 aliphatic rings. The van der Waals surface area contributed by atoms with E-state index in [1.807, 2.05) is 6.07 Å². The molecule has 0 bridgehead atoms. The van der Waals surface area contributed by atoms with E-state index in [1.54, 1.807) is 13.0 Å². The fourth-order valence-corrected chi connectivity index (χ4v) is 2.55. The van der Waals surface area contributed by atoms with E-state index >= 15 is 0 Å². The molecule has 0 saturated carbocycles. The van der Waals surface area contributed by atoms with Crippen LogP contribution in [0.1, 0.15) is 30.9 Å². The third kappa shape index (κ3) is 2.82. The molecule has 0 aromatic heterocycles. The van der Waals surface area contributed by atoms with E-state index in [0.717, 1.165) is 0 Å². The van der Waals surface area contributed by atoms with Crippen molar-refractivity contribution in [2.45, 2.75) is 19.8 Å². The zero-order chi connectivity index (χ0) is 17.9. The summed E-state index contributed by atoms with van der Waals surface area (Å²) >= 11 is 0. The van der Waals surface area contributed by atoms with Gasteiger partial charge in [-0.3, -0.25) is 0 Å². The Morgan fingerprint density at radius 1 is 1.54 bits per heavy atom. The molecule has 0 amide bonds. The Bertz CT molecular complexity index is 841. The largest absolute Gasteiger partial charge is 0.463 e. The minimum Gasteiger partial charge on any atom is -0.463 e. The van der Waals surface area contributed by atoms with E-state index in [-0.39, 0.29) is 40.5 Å². The molecular weight excluding hydrogens is 311 g/mol. The Morgan fingerprint density at radius 2 is 2.25 bits per heavy atom. The van der Waals surface area contributed by atoms with Gasteiger partial charge < -0.3 is 15.2 Å². The van der Waals surface area contributed by atoms with Gasteiger partial charge in [0.25, 0.3) is 0 Å². The molecule has 0 radical (unpaired) electrons. The molecule has 0 saturated heterocycles. The van der Waals surface area contributed by atoms with Crippen LogP contribution in [0, 0.1) is 29.5 Å². The Labute approximate surface area is 139 Å². The zero-order valence-electron chi connectivity index (χ0n) is 13.2. The fraction of sp³-hybridized carbons (Fsp3) is 0.222. The van der Waals surface area contributed by atoms with Crippen LogP contribution in [0.25, 0.3) is 0 Å². The van der Waals surface area contributed by atoms with E-state index in [9.17, 15) is 14.4 Å². The van der Waals surface area contributed by atoms with Crippen molar-refractivity contribution in [2.24, 2.45) is 5.73 Å². The topological polar surface area (TPSA) is 85.3 Å². The maximum Gasteiger partial charge on any atom is 0.338 e. The number of esters is 1. The van der Waals surface area contributed by atoms with Crippen LogP contribution >= 0.6 is 0 Å². The van der Waals surface area contributed by atoms with Gasteiger partial charge in [-0.15, -0.1) is 6.42 Å². The second kappa shape index (κ2) is 6.89. The number of carbonyl (C=O) groups excluding carboxylic acids is 1. The van der Waals surface area contributed by atoms with Crippen molar-refractivity contribution >= 4 is 5.97 Å². The zero-order valence-corrected chi connectivity index (χ0v) is 13.2. The maximum absolute atomic E-state index is 14.7. The van der Waals surface area contributed by atoms with E-state index in [1.165, 1.54) is 19.1 Å². The van der Waals surface area contributed by atoms with Gasteiger partial charge in [-0.05, 0) is 19.9 Å². The van der Waals surface area contributed by atoms with Gasteiger partial charge >= 0.3 is 5.97 Å². The molecule has 1 atom stereocenters. The number of nitriles is 1. The van der Waals surface area contributed by atoms with Crippen molar-refractivity contribution in [1.29, 1.82) is 5.26 Å². The molecule has 1 heterocycles. The summed E-state index contributed by atoms with van der Waals surface area (Å²) in [6.07, 6.45) is 5.29. The van der Waals surface area contributed by atoms with E-state index < -0.39 is 17.7 Å².